The van der Waals surface area contributed by atoms with E-state index >= 15 is 0 Å². The molecule has 1 aliphatic heterocycles. The highest BCUT2D eigenvalue weighted by Gasteiger charge is 2.17. The number of pyridine rings is 1. The zero-order valence-corrected chi connectivity index (χ0v) is 17.3. The highest BCUT2D eigenvalue weighted by molar-refractivity contribution is 5.99. The molecule has 2 heterocycles. The fourth-order valence-corrected chi connectivity index (χ4v) is 3.66. The number of amides is 1. The summed E-state index contributed by atoms with van der Waals surface area (Å²) in [5.41, 5.74) is 3.09. The molecule has 2 aromatic carbocycles. The molecule has 156 valence electrons. The lowest BCUT2D eigenvalue weighted by atomic mass is 10.1. The summed E-state index contributed by atoms with van der Waals surface area (Å²) in [6.07, 6.45) is 2.15. The Morgan fingerprint density at radius 3 is 2.90 bits per heavy atom. The molecule has 6 nitrogen and oxygen atoms in total. The Morgan fingerprint density at radius 2 is 2.13 bits per heavy atom. The molecule has 1 saturated heterocycles. The number of nitrogens with one attached hydrogen (secondary N) is 1. The first-order chi connectivity index (χ1) is 14.7. The standard InChI is InChI=1S/C24H26N2O4/c1-3-29-23-14-22(16-6-4-7-18(12-16)28-2)26-21-10-9-17(13-20(21)23)24(27)25-15-19-8-5-11-30-19/h4,6-7,9-10,12-14,19H,3,5,8,11,15H2,1-2H3,(H,25,27). The lowest BCUT2D eigenvalue weighted by Gasteiger charge is -2.13. The first-order valence-corrected chi connectivity index (χ1v) is 10.3. The molecule has 1 unspecified atom stereocenters. The quantitative estimate of drug-likeness (QED) is 0.636. The molecule has 4 rings (SSSR count). The number of ether oxygens (including phenoxy) is 3. The zero-order valence-electron chi connectivity index (χ0n) is 17.3. The van der Waals surface area contributed by atoms with Gasteiger partial charge in [0, 0.05) is 35.7 Å². The van der Waals surface area contributed by atoms with Crippen molar-refractivity contribution >= 4 is 16.8 Å². The van der Waals surface area contributed by atoms with E-state index in [2.05, 4.69) is 5.32 Å². The van der Waals surface area contributed by atoms with Crippen molar-refractivity contribution in [1.82, 2.24) is 10.3 Å². The van der Waals surface area contributed by atoms with Gasteiger partial charge in [0.15, 0.2) is 0 Å². The van der Waals surface area contributed by atoms with Crippen LogP contribution in [-0.4, -0.2) is 43.9 Å². The van der Waals surface area contributed by atoms with Crippen LogP contribution in [0.15, 0.2) is 48.5 Å². The van der Waals surface area contributed by atoms with Crippen LogP contribution in [0.4, 0.5) is 0 Å². The SMILES string of the molecule is CCOc1cc(-c2cccc(OC)c2)nc2ccc(C(=O)NCC3CCCO3)cc12. The van der Waals surface area contributed by atoms with E-state index in [1.54, 1.807) is 13.2 Å². The normalized spacial score (nSPS) is 15.9. The lowest BCUT2D eigenvalue weighted by Crippen LogP contribution is -2.31. The Balaban J connectivity index is 1.65. The number of aromatic nitrogens is 1. The van der Waals surface area contributed by atoms with Crippen LogP contribution in [0.5, 0.6) is 11.5 Å². The minimum Gasteiger partial charge on any atom is -0.497 e. The molecule has 1 amide bonds. The Hall–Kier alpha value is -3.12. The maximum Gasteiger partial charge on any atom is 0.251 e. The number of benzene rings is 2. The van der Waals surface area contributed by atoms with Gasteiger partial charge in [-0.3, -0.25) is 4.79 Å². The molecule has 1 aliphatic rings. The minimum atomic E-state index is -0.119. The second kappa shape index (κ2) is 9.13. The van der Waals surface area contributed by atoms with Crippen LogP contribution in [0, 0.1) is 0 Å². The van der Waals surface area contributed by atoms with Crippen LogP contribution in [0.2, 0.25) is 0 Å². The van der Waals surface area contributed by atoms with E-state index in [9.17, 15) is 4.79 Å². The van der Waals surface area contributed by atoms with Crippen molar-refractivity contribution in [3.63, 3.8) is 0 Å². The van der Waals surface area contributed by atoms with Crippen molar-refractivity contribution in [3.8, 4) is 22.8 Å². The van der Waals surface area contributed by atoms with E-state index in [-0.39, 0.29) is 12.0 Å². The lowest BCUT2D eigenvalue weighted by molar-refractivity contribution is 0.0858. The fraction of sp³-hybridized carbons (Fsp3) is 0.333. The molecule has 0 spiro atoms. The first-order valence-electron chi connectivity index (χ1n) is 10.3. The third-order valence-corrected chi connectivity index (χ3v) is 5.21. The summed E-state index contributed by atoms with van der Waals surface area (Å²) in [6.45, 7) is 3.76. The summed E-state index contributed by atoms with van der Waals surface area (Å²) in [5.74, 6) is 1.35. The van der Waals surface area contributed by atoms with Gasteiger partial charge >= 0.3 is 0 Å². The molecular weight excluding hydrogens is 380 g/mol. The molecule has 0 radical (unpaired) electrons. The molecule has 1 aromatic heterocycles. The van der Waals surface area contributed by atoms with E-state index in [1.165, 1.54) is 0 Å². The van der Waals surface area contributed by atoms with Crippen molar-refractivity contribution in [2.24, 2.45) is 0 Å². The number of hydrogen-bond donors (Lipinski definition) is 1. The maximum atomic E-state index is 12.6. The maximum absolute atomic E-state index is 12.6. The van der Waals surface area contributed by atoms with Crippen molar-refractivity contribution in [3.05, 3.63) is 54.1 Å². The molecule has 0 bridgehead atoms. The first kappa shape index (κ1) is 20.2. The fourth-order valence-electron chi connectivity index (χ4n) is 3.66. The van der Waals surface area contributed by atoms with Gasteiger partial charge in [0.05, 0.1) is 31.0 Å². The minimum absolute atomic E-state index is 0.112. The molecular formula is C24H26N2O4. The molecule has 30 heavy (non-hydrogen) atoms. The van der Waals surface area contributed by atoms with Crippen molar-refractivity contribution < 1.29 is 19.0 Å². The largest absolute Gasteiger partial charge is 0.497 e. The van der Waals surface area contributed by atoms with Crippen LogP contribution in [-0.2, 0) is 4.74 Å². The van der Waals surface area contributed by atoms with Gasteiger partial charge in [0.25, 0.3) is 5.91 Å². The Kier molecular flexibility index (Phi) is 6.14. The number of nitrogens with zero attached hydrogens (tertiary/aromatic N) is 1. The molecule has 0 saturated carbocycles. The van der Waals surface area contributed by atoms with Gasteiger partial charge in [-0.05, 0) is 50.1 Å². The number of fused-ring (bicyclic) bond motifs is 1. The Morgan fingerprint density at radius 1 is 1.23 bits per heavy atom. The van der Waals surface area contributed by atoms with Gasteiger partial charge < -0.3 is 19.5 Å². The molecule has 0 aliphatic carbocycles. The molecule has 1 fully saturated rings. The highest BCUT2D eigenvalue weighted by Crippen LogP contribution is 2.32. The number of carbonyl (C=O) groups is 1. The second-order valence-corrected chi connectivity index (χ2v) is 7.25. The third kappa shape index (κ3) is 4.39. The smallest absolute Gasteiger partial charge is 0.251 e. The van der Waals surface area contributed by atoms with Crippen LogP contribution < -0.4 is 14.8 Å². The van der Waals surface area contributed by atoms with Crippen molar-refractivity contribution in [1.29, 1.82) is 0 Å². The zero-order chi connectivity index (χ0) is 20.9. The summed E-state index contributed by atoms with van der Waals surface area (Å²) >= 11 is 0. The molecule has 6 heteroatoms. The van der Waals surface area contributed by atoms with Crippen LogP contribution in [0.3, 0.4) is 0 Å². The van der Waals surface area contributed by atoms with Gasteiger partial charge in [-0.1, -0.05) is 12.1 Å². The van der Waals surface area contributed by atoms with Gasteiger partial charge in [-0.15, -0.1) is 0 Å². The number of methoxy groups -OCH3 is 1. The van der Waals surface area contributed by atoms with Crippen LogP contribution in [0.25, 0.3) is 22.2 Å². The van der Waals surface area contributed by atoms with Crippen LogP contribution in [0.1, 0.15) is 30.1 Å². The van der Waals surface area contributed by atoms with E-state index in [4.69, 9.17) is 19.2 Å². The summed E-state index contributed by atoms with van der Waals surface area (Å²) in [5, 5.41) is 3.78. The average Bonchev–Trinajstić information content (AvgIpc) is 3.31. The van der Waals surface area contributed by atoms with Crippen molar-refractivity contribution in [2.45, 2.75) is 25.9 Å². The van der Waals surface area contributed by atoms with Gasteiger partial charge in [-0.2, -0.15) is 0 Å². The molecule has 3 aromatic rings. The van der Waals surface area contributed by atoms with E-state index in [1.807, 2.05) is 49.4 Å². The van der Waals surface area contributed by atoms with Crippen LogP contribution >= 0.6 is 0 Å². The second-order valence-electron chi connectivity index (χ2n) is 7.25. The highest BCUT2D eigenvalue weighted by atomic mass is 16.5. The Bertz CT molecular complexity index is 1040. The Labute approximate surface area is 176 Å². The van der Waals surface area contributed by atoms with Gasteiger partial charge in [-0.25, -0.2) is 4.98 Å². The summed E-state index contributed by atoms with van der Waals surface area (Å²) in [4.78, 5) is 17.4. The van der Waals surface area contributed by atoms with E-state index in [0.717, 1.165) is 47.4 Å². The number of hydrogen-bond acceptors (Lipinski definition) is 5. The van der Waals surface area contributed by atoms with E-state index < -0.39 is 0 Å². The van der Waals surface area contributed by atoms with Gasteiger partial charge in [0.2, 0.25) is 0 Å². The summed E-state index contributed by atoms with van der Waals surface area (Å²) in [6, 6.07) is 15.2. The topological polar surface area (TPSA) is 69.7 Å². The van der Waals surface area contributed by atoms with E-state index in [0.29, 0.717) is 24.5 Å². The predicted octanol–water partition coefficient (Wildman–Crippen LogP) is 4.22. The third-order valence-electron chi connectivity index (χ3n) is 5.21. The molecule has 1 atom stereocenters. The summed E-state index contributed by atoms with van der Waals surface area (Å²) < 4.78 is 16.8. The molecule has 1 N–H and O–H groups in total. The van der Waals surface area contributed by atoms with Crippen molar-refractivity contribution in [2.75, 3.05) is 26.9 Å². The summed E-state index contributed by atoms with van der Waals surface area (Å²) in [7, 11) is 1.64. The monoisotopic (exact) mass is 406 g/mol. The number of carbonyl (C=O) groups excluding carboxylic acids is 1. The average molecular weight is 406 g/mol. The van der Waals surface area contributed by atoms with Gasteiger partial charge in [0.1, 0.15) is 11.5 Å². The predicted molar refractivity (Wildman–Crippen MR) is 116 cm³/mol. The number of rotatable bonds is 7.